The van der Waals surface area contributed by atoms with E-state index in [9.17, 15) is 4.21 Å². The van der Waals surface area contributed by atoms with E-state index in [1.54, 1.807) is 0 Å². The third-order valence-corrected chi connectivity index (χ3v) is 5.59. The van der Waals surface area contributed by atoms with Gasteiger partial charge in [0.2, 0.25) is 0 Å². The molecule has 0 aromatic carbocycles. The van der Waals surface area contributed by atoms with Crippen molar-refractivity contribution in [2.45, 2.75) is 30.8 Å². The normalized spacial score (nSPS) is 56.9. The lowest BCUT2D eigenvalue weighted by Crippen LogP contribution is -2.60. The summed E-state index contributed by atoms with van der Waals surface area (Å²) in [4.78, 5) is 2.47. The molecular weight excluding hydrogens is 198 g/mol. The lowest BCUT2D eigenvalue weighted by molar-refractivity contribution is -0.133. The van der Waals surface area contributed by atoms with E-state index in [1.165, 1.54) is 25.9 Å². The zero-order valence-corrected chi connectivity index (χ0v) is 9.39. The molecule has 3 atom stereocenters. The van der Waals surface area contributed by atoms with Crippen LogP contribution in [0.4, 0.5) is 0 Å². The highest BCUT2D eigenvalue weighted by Crippen LogP contribution is 2.43. The largest absolute Gasteiger partial charge is 0.356 e. The Morgan fingerprint density at radius 1 is 1.43 bits per heavy atom. The lowest BCUT2D eigenvalue weighted by atomic mass is 9.76. The summed E-state index contributed by atoms with van der Waals surface area (Å²) in [6, 6.07) is 0. The summed E-state index contributed by atoms with van der Waals surface area (Å²) in [6.45, 7) is 5.41. The Morgan fingerprint density at radius 2 is 2.14 bits per heavy atom. The summed E-state index contributed by atoms with van der Waals surface area (Å²) in [5.41, 5.74) is -0.0867. The summed E-state index contributed by atoms with van der Waals surface area (Å²) >= 11 is 0. The van der Waals surface area contributed by atoms with Gasteiger partial charge in [-0.1, -0.05) is 0 Å². The van der Waals surface area contributed by atoms with Crippen LogP contribution in [0.3, 0.4) is 0 Å². The van der Waals surface area contributed by atoms with Gasteiger partial charge in [0.1, 0.15) is 5.44 Å². The second-order valence-corrected chi connectivity index (χ2v) is 6.54. The molecule has 4 rings (SSSR count). The molecule has 1 spiro atoms. The van der Waals surface area contributed by atoms with E-state index in [4.69, 9.17) is 4.74 Å². The standard InChI is InChI=1S/C10H17NO2S/c1-8-13-10(7-14(8)12)6-11-4-2-9(10)3-5-11/h8-9H,2-7H2,1H3/t8-,10+,14+/m1/s1. The molecular formula is C10H17NO2S. The van der Waals surface area contributed by atoms with E-state index in [1.807, 2.05) is 6.92 Å². The molecule has 0 aromatic heterocycles. The van der Waals surface area contributed by atoms with Gasteiger partial charge in [-0.25, -0.2) is 0 Å². The Hall–Kier alpha value is 0.0700. The summed E-state index contributed by atoms with van der Waals surface area (Å²) in [6.07, 6.45) is 2.48. The van der Waals surface area contributed by atoms with Crippen LogP contribution in [-0.4, -0.2) is 45.5 Å². The molecule has 14 heavy (non-hydrogen) atoms. The van der Waals surface area contributed by atoms with Crippen LogP contribution in [0.2, 0.25) is 0 Å². The lowest BCUT2D eigenvalue weighted by Gasteiger charge is -2.50. The molecule has 2 bridgehead atoms. The fourth-order valence-corrected chi connectivity index (χ4v) is 4.61. The maximum absolute atomic E-state index is 11.7. The molecule has 0 saturated carbocycles. The summed E-state index contributed by atoms with van der Waals surface area (Å²) in [5.74, 6) is 1.44. The first-order valence-corrected chi connectivity index (χ1v) is 6.85. The third kappa shape index (κ3) is 1.20. The molecule has 4 heteroatoms. The van der Waals surface area contributed by atoms with Crippen molar-refractivity contribution in [3.8, 4) is 0 Å². The van der Waals surface area contributed by atoms with Crippen LogP contribution in [-0.2, 0) is 15.5 Å². The zero-order chi connectivity index (χ0) is 9.76. The number of piperidine rings is 3. The van der Waals surface area contributed by atoms with Crippen LogP contribution in [0.5, 0.6) is 0 Å². The average Bonchev–Trinajstić information content (AvgIpc) is 2.43. The van der Waals surface area contributed by atoms with E-state index in [0.29, 0.717) is 5.92 Å². The second-order valence-electron chi connectivity index (χ2n) is 4.83. The Labute approximate surface area is 87.3 Å². The first kappa shape index (κ1) is 9.31. The third-order valence-electron chi connectivity index (χ3n) is 3.98. The van der Waals surface area contributed by atoms with E-state index in [-0.39, 0.29) is 11.0 Å². The summed E-state index contributed by atoms with van der Waals surface area (Å²) in [5, 5.41) is 0. The summed E-state index contributed by atoms with van der Waals surface area (Å²) < 4.78 is 17.7. The monoisotopic (exact) mass is 215 g/mol. The minimum Gasteiger partial charge on any atom is -0.356 e. The van der Waals surface area contributed by atoms with Crippen LogP contribution in [0, 0.1) is 5.92 Å². The highest BCUT2D eigenvalue weighted by Gasteiger charge is 2.53. The van der Waals surface area contributed by atoms with Crippen LogP contribution >= 0.6 is 0 Å². The number of hydrogen-bond acceptors (Lipinski definition) is 3. The first-order valence-electron chi connectivity index (χ1n) is 5.47. The molecule has 0 N–H and O–H groups in total. The maximum atomic E-state index is 11.7. The second kappa shape index (κ2) is 3.03. The summed E-state index contributed by atoms with van der Waals surface area (Å²) in [7, 11) is -0.755. The minimum atomic E-state index is -0.755. The molecule has 4 heterocycles. The predicted octanol–water partition coefficient (Wildman–Crippen LogP) is 0.576. The van der Waals surface area contributed by atoms with E-state index in [0.717, 1.165) is 12.3 Å². The van der Waals surface area contributed by atoms with Gasteiger partial charge in [0.25, 0.3) is 0 Å². The van der Waals surface area contributed by atoms with Gasteiger partial charge >= 0.3 is 0 Å². The Balaban J connectivity index is 1.87. The highest BCUT2D eigenvalue weighted by molar-refractivity contribution is 7.85. The first-order chi connectivity index (χ1) is 6.70. The quantitative estimate of drug-likeness (QED) is 0.592. The van der Waals surface area contributed by atoms with E-state index < -0.39 is 10.8 Å². The van der Waals surface area contributed by atoms with Crippen molar-refractivity contribution in [1.82, 2.24) is 4.90 Å². The maximum Gasteiger partial charge on any atom is 0.130 e. The molecule has 4 aliphatic rings. The van der Waals surface area contributed by atoms with Gasteiger partial charge in [-0.05, 0) is 38.8 Å². The number of hydrogen-bond donors (Lipinski definition) is 0. The van der Waals surface area contributed by atoms with Crippen molar-refractivity contribution in [2.24, 2.45) is 5.92 Å². The van der Waals surface area contributed by atoms with Gasteiger partial charge < -0.3 is 9.64 Å². The van der Waals surface area contributed by atoms with Crippen molar-refractivity contribution in [3.05, 3.63) is 0 Å². The number of nitrogens with zero attached hydrogens (tertiary/aromatic N) is 1. The Kier molecular flexibility index (Phi) is 2.01. The molecule has 0 radical (unpaired) electrons. The smallest absolute Gasteiger partial charge is 0.130 e. The van der Waals surface area contributed by atoms with Gasteiger partial charge in [-0.3, -0.25) is 4.21 Å². The van der Waals surface area contributed by atoms with Crippen LogP contribution < -0.4 is 0 Å². The molecule has 4 aliphatic heterocycles. The Bertz CT molecular complexity index is 275. The fraction of sp³-hybridized carbons (Fsp3) is 1.00. The SMILES string of the molecule is C[C@@H]1O[C@@]2(CN3CCC2CC3)C[S@@]1=O. The molecule has 0 aromatic rings. The molecule has 0 amide bonds. The van der Waals surface area contributed by atoms with Gasteiger partial charge in [0.05, 0.1) is 22.2 Å². The van der Waals surface area contributed by atoms with Crippen molar-refractivity contribution < 1.29 is 8.95 Å². The Morgan fingerprint density at radius 3 is 2.57 bits per heavy atom. The van der Waals surface area contributed by atoms with Crippen molar-refractivity contribution in [3.63, 3.8) is 0 Å². The predicted molar refractivity (Wildman–Crippen MR) is 55.5 cm³/mol. The topological polar surface area (TPSA) is 29.5 Å². The van der Waals surface area contributed by atoms with Crippen molar-refractivity contribution in [2.75, 3.05) is 25.4 Å². The molecule has 3 nitrogen and oxygen atoms in total. The fourth-order valence-electron chi connectivity index (χ4n) is 3.20. The van der Waals surface area contributed by atoms with Crippen molar-refractivity contribution in [1.29, 1.82) is 0 Å². The number of rotatable bonds is 0. The average molecular weight is 215 g/mol. The minimum absolute atomic E-state index is 0.0409. The van der Waals surface area contributed by atoms with Gasteiger partial charge in [0, 0.05) is 6.54 Å². The van der Waals surface area contributed by atoms with Gasteiger partial charge in [0.15, 0.2) is 0 Å². The molecule has 80 valence electrons. The zero-order valence-electron chi connectivity index (χ0n) is 8.57. The van der Waals surface area contributed by atoms with Gasteiger partial charge in [-0.2, -0.15) is 0 Å². The highest BCUT2D eigenvalue weighted by atomic mass is 32.2. The molecule has 4 saturated heterocycles. The van der Waals surface area contributed by atoms with Gasteiger partial charge in [-0.15, -0.1) is 0 Å². The van der Waals surface area contributed by atoms with E-state index >= 15 is 0 Å². The number of fused-ring (bicyclic) bond motifs is 2. The number of ether oxygens (including phenoxy) is 1. The van der Waals surface area contributed by atoms with Crippen LogP contribution in [0.25, 0.3) is 0 Å². The molecule has 0 aliphatic carbocycles. The molecule has 0 unspecified atom stereocenters. The van der Waals surface area contributed by atoms with E-state index in [2.05, 4.69) is 4.90 Å². The van der Waals surface area contributed by atoms with Crippen LogP contribution in [0.1, 0.15) is 19.8 Å². The van der Waals surface area contributed by atoms with Crippen LogP contribution in [0.15, 0.2) is 0 Å². The van der Waals surface area contributed by atoms with Crippen molar-refractivity contribution >= 4 is 10.8 Å². The molecule has 4 fully saturated rings.